The normalized spacial score (nSPS) is 19.6. The van der Waals surface area contributed by atoms with Gasteiger partial charge in [-0.05, 0) is 11.8 Å². The summed E-state index contributed by atoms with van der Waals surface area (Å²) in [5.74, 6) is -0.0207. The molecule has 0 aromatic heterocycles. The Balaban J connectivity index is 2.46. The van der Waals surface area contributed by atoms with Gasteiger partial charge in [-0.2, -0.15) is 0 Å². The molecule has 4 nitrogen and oxygen atoms in total. The highest BCUT2D eigenvalue weighted by molar-refractivity contribution is 5.98. The van der Waals surface area contributed by atoms with Gasteiger partial charge < -0.3 is 0 Å². The van der Waals surface area contributed by atoms with Crippen LogP contribution < -0.4 is 0 Å². The van der Waals surface area contributed by atoms with Crippen LogP contribution in [-0.4, -0.2) is 29.0 Å². The lowest BCUT2D eigenvalue weighted by molar-refractivity contribution is -0.152. The van der Waals surface area contributed by atoms with Crippen LogP contribution in [0.15, 0.2) is 0 Å². The quantitative estimate of drug-likeness (QED) is 0.689. The summed E-state index contributed by atoms with van der Waals surface area (Å²) >= 11 is 0. The molecule has 1 aliphatic heterocycles. The molecule has 1 rings (SSSR count). The fourth-order valence-corrected chi connectivity index (χ4v) is 2.07. The van der Waals surface area contributed by atoms with Gasteiger partial charge in [0.1, 0.15) is 5.78 Å². The molecule has 0 saturated carbocycles. The molecule has 0 atom stereocenters. The van der Waals surface area contributed by atoms with Gasteiger partial charge in [-0.3, -0.25) is 19.3 Å². The average Bonchev–Trinajstić information content (AvgIpc) is 2.20. The van der Waals surface area contributed by atoms with Crippen molar-refractivity contribution < 1.29 is 14.4 Å². The number of piperidine rings is 1. The van der Waals surface area contributed by atoms with E-state index in [0.29, 0.717) is 38.6 Å². The third-order valence-corrected chi connectivity index (χ3v) is 3.09. The van der Waals surface area contributed by atoms with Crippen molar-refractivity contribution in [2.75, 3.05) is 6.54 Å². The highest BCUT2D eigenvalue weighted by atomic mass is 16.2. The van der Waals surface area contributed by atoms with E-state index >= 15 is 0 Å². The van der Waals surface area contributed by atoms with E-state index in [1.54, 1.807) is 0 Å². The molecule has 0 spiro atoms. The first-order chi connectivity index (χ1) is 7.85. The molecule has 4 heteroatoms. The van der Waals surface area contributed by atoms with Crippen molar-refractivity contribution >= 4 is 17.6 Å². The zero-order chi connectivity index (χ0) is 13.1. The molecule has 0 unspecified atom stereocenters. The summed E-state index contributed by atoms with van der Waals surface area (Å²) in [6, 6.07) is 0. The number of amides is 2. The average molecular weight is 239 g/mol. The molecule has 17 heavy (non-hydrogen) atoms. The van der Waals surface area contributed by atoms with Crippen molar-refractivity contribution in [2.24, 2.45) is 5.41 Å². The molecule has 96 valence electrons. The first-order valence-electron chi connectivity index (χ1n) is 6.20. The van der Waals surface area contributed by atoms with Crippen molar-refractivity contribution in [3.05, 3.63) is 0 Å². The van der Waals surface area contributed by atoms with Crippen LogP contribution >= 0.6 is 0 Å². The molecule has 1 aliphatic rings. The molecule has 0 aromatic carbocycles. The fourth-order valence-electron chi connectivity index (χ4n) is 2.07. The molecule has 2 amide bonds. The molecule has 1 fully saturated rings. The van der Waals surface area contributed by atoms with Crippen LogP contribution in [0.1, 0.15) is 52.9 Å². The summed E-state index contributed by atoms with van der Waals surface area (Å²) in [6.07, 6.45) is 2.40. The van der Waals surface area contributed by atoms with E-state index in [2.05, 4.69) is 0 Å². The summed E-state index contributed by atoms with van der Waals surface area (Å²) < 4.78 is 0. The molecule has 0 aromatic rings. The fraction of sp³-hybridized carbons (Fsp3) is 0.769. The van der Waals surface area contributed by atoms with E-state index in [-0.39, 0.29) is 23.0 Å². The summed E-state index contributed by atoms with van der Waals surface area (Å²) in [5.41, 5.74) is -0.218. The van der Waals surface area contributed by atoms with Crippen LogP contribution in [0.2, 0.25) is 0 Å². The van der Waals surface area contributed by atoms with Crippen molar-refractivity contribution in [3.8, 4) is 0 Å². The highest BCUT2D eigenvalue weighted by Gasteiger charge is 2.36. The number of Topliss-reactive ketones (excluding diaryl/α,β-unsaturated/α-hetero) is 1. The maximum absolute atomic E-state index is 11.8. The van der Waals surface area contributed by atoms with Gasteiger partial charge in [0, 0.05) is 32.2 Å². The van der Waals surface area contributed by atoms with Gasteiger partial charge in [0.15, 0.2) is 0 Å². The van der Waals surface area contributed by atoms with E-state index in [1.165, 1.54) is 4.90 Å². The molecular formula is C13H21NO3. The topological polar surface area (TPSA) is 54.5 Å². The van der Waals surface area contributed by atoms with Gasteiger partial charge in [0.05, 0.1) is 0 Å². The first-order valence-corrected chi connectivity index (χ1v) is 6.20. The molecule has 0 N–H and O–H groups in total. The Morgan fingerprint density at radius 3 is 2.24 bits per heavy atom. The third-order valence-electron chi connectivity index (χ3n) is 3.09. The van der Waals surface area contributed by atoms with Crippen LogP contribution in [-0.2, 0) is 14.4 Å². The van der Waals surface area contributed by atoms with Crippen LogP contribution in [0.5, 0.6) is 0 Å². The van der Waals surface area contributed by atoms with Gasteiger partial charge in [-0.15, -0.1) is 0 Å². The van der Waals surface area contributed by atoms with Crippen molar-refractivity contribution in [1.29, 1.82) is 0 Å². The molecule has 1 saturated heterocycles. The molecule has 0 radical (unpaired) electrons. The summed E-state index contributed by atoms with van der Waals surface area (Å²) in [4.78, 5) is 36.0. The Labute approximate surface area is 102 Å². The number of hydrogen-bond donors (Lipinski definition) is 0. The predicted molar refractivity (Wildman–Crippen MR) is 64.3 cm³/mol. The van der Waals surface area contributed by atoms with Crippen LogP contribution in [0.3, 0.4) is 0 Å². The van der Waals surface area contributed by atoms with Gasteiger partial charge in [0.2, 0.25) is 11.8 Å². The van der Waals surface area contributed by atoms with E-state index in [4.69, 9.17) is 0 Å². The number of carbonyl (C=O) groups is 3. The third kappa shape index (κ3) is 3.95. The Kier molecular flexibility index (Phi) is 4.43. The number of ketones is 1. The van der Waals surface area contributed by atoms with Crippen LogP contribution in [0.25, 0.3) is 0 Å². The second-order valence-corrected chi connectivity index (χ2v) is 5.45. The van der Waals surface area contributed by atoms with E-state index in [1.807, 2.05) is 20.8 Å². The predicted octanol–water partition coefficient (Wildman–Crippen LogP) is 1.92. The zero-order valence-corrected chi connectivity index (χ0v) is 10.9. The second kappa shape index (κ2) is 5.43. The summed E-state index contributed by atoms with van der Waals surface area (Å²) in [6.45, 7) is 6.07. The Morgan fingerprint density at radius 2 is 1.76 bits per heavy atom. The lowest BCUT2D eigenvalue weighted by Crippen LogP contribution is -2.46. The van der Waals surface area contributed by atoms with Gasteiger partial charge in [0.25, 0.3) is 0 Å². The van der Waals surface area contributed by atoms with E-state index < -0.39 is 0 Å². The second-order valence-electron chi connectivity index (χ2n) is 5.45. The number of imide groups is 1. The zero-order valence-electron chi connectivity index (χ0n) is 10.9. The maximum atomic E-state index is 11.8. The molecule has 0 aliphatic carbocycles. The highest BCUT2D eigenvalue weighted by Crippen LogP contribution is 2.31. The summed E-state index contributed by atoms with van der Waals surface area (Å²) in [5, 5.41) is 0. The minimum atomic E-state index is -0.218. The van der Waals surface area contributed by atoms with Gasteiger partial charge >= 0.3 is 0 Å². The summed E-state index contributed by atoms with van der Waals surface area (Å²) in [7, 11) is 0. The number of nitrogens with zero attached hydrogens (tertiary/aromatic N) is 1. The number of likely N-dealkylation sites (tertiary alicyclic amines) is 1. The Morgan fingerprint density at radius 1 is 1.24 bits per heavy atom. The maximum Gasteiger partial charge on any atom is 0.229 e. The van der Waals surface area contributed by atoms with Crippen molar-refractivity contribution in [1.82, 2.24) is 4.90 Å². The van der Waals surface area contributed by atoms with E-state index in [0.717, 1.165) is 0 Å². The monoisotopic (exact) mass is 239 g/mol. The van der Waals surface area contributed by atoms with Crippen LogP contribution in [0.4, 0.5) is 0 Å². The number of rotatable bonds is 5. The number of carbonyl (C=O) groups excluding carboxylic acids is 3. The lowest BCUT2D eigenvalue weighted by atomic mass is 9.81. The van der Waals surface area contributed by atoms with Gasteiger partial charge in [-0.1, -0.05) is 20.8 Å². The Bertz CT molecular complexity index is 314. The van der Waals surface area contributed by atoms with Gasteiger partial charge in [-0.25, -0.2) is 0 Å². The molecule has 1 heterocycles. The van der Waals surface area contributed by atoms with E-state index in [9.17, 15) is 14.4 Å². The van der Waals surface area contributed by atoms with Crippen molar-refractivity contribution in [2.45, 2.75) is 52.9 Å². The lowest BCUT2D eigenvalue weighted by Gasteiger charge is -2.34. The first kappa shape index (κ1) is 13.9. The smallest absolute Gasteiger partial charge is 0.229 e. The Hall–Kier alpha value is -1.19. The standard InChI is InChI=1S/C13H21NO3/c1-4-10(15)6-5-7-14-11(16)8-13(2,3)9-12(14)17/h4-9H2,1-3H3. The van der Waals surface area contributed by atoms with Crippen LogP contribution in [0, 0.1) is 5.41 Å². The molecule has 0 bridgehead atoms. The SMILES string of the molecule is CCC(=O)CCCN1C(=O)CC(C)(C)CC1=O. The number of hydrogen-bond acceptors (Lipinski definition) is 3. The minimum Gasteiger partial charge on any atom is -0.300 e. The van der Waals surface area contributed by atoms with Crippen molar-refractivity contribution in [3.63, 3.8) is 0 Å². The largest absolute Gasteiger partial charge is 0.300 e. The minimum absolute atomic E-state index is 0.102. The molecular weight excluding hydrogens is 218 g/mol.